The first kappa shape index (κ1) is 17.8. The van der Waals surface area contributed by atoms with E-state index in [0.717, 1.165) is 16.6 Å². The fourth-order valence-corrected chi connectivity index (χ4v) is 2.80. The lowest BCUT2D eigenvalue weighted by Gasteiger charge is -2.06. The fourth-order valence-electron chi connectivity index (χ4n) is 2.08. The van der Waals surface area contributed by atoms with E-state index in [4.69, 9.17) is 14.2 Å². The Labute approximate surface area is 155 Å². The van der Waals surface area contributed by atoms with Crippen LogP contribution in [0, 0.1) is 0 Å². The molecule has 1 heterocycles. The molecule has 0 unspecified atom stereocenters. The van der Waals surface area contributed by atoms with Crippen LogP contribution in [-0.2, 0) is 16.1 Å². The average molecular weight is 370 g/mol. The second-order valence-corrected chi connectivity index (χ2v) is 6.12. The lowest BCUT2D eigenvalue weighted by atomic mass is 10.3. The molecule has 134 valence electrons. The molecule has 0 saturated heterocycles. The van der Waals surface area contributed by atoms with Crippen molar-refractivity contribution in [2.75, 3.05) is 19.0 Å². The molecule has 0 atom stereocenters. The predicted octanol–water partition coefficient (Wildman–Crippen LogP) is 4.02. The van der Waals surface area contributed by atoms with Crippen molar-refractivity contribution in [1.82, 2.24) is 4.98 Å². The van der Waals surface area contributed by atoms with Crippen LogP contribution in [0.15, 0.2) is 60.0 Å². The fraction of sp³-hybridized carbons (Fsp3) is 0.158. The lowest BCUT2D eigenvalue weighted by molar-refractivity contribution is -0.147. The molecule has 3 rings (SSSR count). The maximum atomic E-state index is 11.7. The van der Waals surface area contributed by atoms with E-state index < -0.39 is 5.97 Å². The molecule has 1 aromatic heterocycles. The molecular formula is C19H18N2O4S. The number of methoxy groups -OCH3 is 1. The predicted molar refractivity (Wildman–Crippen MR) is 100 cm³/mol. The van der Waals surface area contributed by atoms with Crippen LogP contribution in [-0.4, -0.2) is 24.7 Å². The van der Waals surface area contributed by atoms with Crippen molar-refractivity contribution < 1.29 is 19.0 Å². The molecule has 0 bridgehead atoms. The Morgan fingerprint density at radius 1 is 1.08 bits per heavy atom. The van der Waals surface area contributed by atoms with Gasteiger partial charge in [0, 0.05) is 11.1 Å². The number of esters is 1. The molecule has 26 heavy (non-hydrogen) atoms. The van der Waals surface area contributed by atoms with Gasteiger partial charge in [0.2, 0.25) is 0 Å². The molecule has 0 radical (unpaired) electrons. The molecule has 1 N–H and O–H groups in total. The molecule has 2 aromatic carbocycles. The summed E-state index contributed by atoms with van der Waals surface area (Å²) in [4.78, 5) is 16.1. The van der Waals surface area contributed by atoms with Gasteiger partial charge in [0.25, 0.3) is 0 Å². The highest BCUT2D eigenvalue weighted by molar-refractivity contribution is 7.13. The highest BCUT2D eigenvalue weighted by atomic mass is 32.1. The maximum Gasteiger partial charge on any atom is 0.344 e. The Balaban J connectivity index is 1.45. The molecule has 0 aliphatic rings. The molecular weight excluding hydrogens is 352 g/mol. The molecule has 0 amide bonds. The van der Waals surface area contributed by atoms with Gasteiger partial charge in [0.05, 0.1) is 12.8 Å². The highest BCUT2D eigenvalue weighted by Gasteiger charge is 2.08. The minimum absolute atomic E-state index is 0.109. The van der Waals surface area contributed by atoms with Crippen LogP contribution in [0.3, 0.4) is 0 Å². The van der Waals surface area contributed by atoms with Gasteiger partial charge >= 0.3 is 5.97 Å². The number of carbonyl (C=O) groups excluding carboxylic acids is 1. The van der Waals surface area contributed by atoms with Crippen molar-refractivity contribution in [2.45, 2.75) is 6.61 Å². The van der Waals surface area contributed by atoms with Crippen molar-refractivity contribution >= 4 is 28.1 Å². The number of rotatable bonds is 8. The van der Waals surface area contributed by atoms with Gasteiger partial charge in [-0.05, 0) is 36.4 Å². The standard InChI is InChI=1S/C19H18N2O4S/c1-23-16-9-7-14(8-10-16)20-19-21-15(13-26-19)11-25-18(22)12-24-17-5-3-2-4-6-17/h2-10,13H,11-12H2,1H3,(H,20,21). The van der Waals surface area contributed by atoms with Crippen LogP contribution < -0.4 is 14.8 Å². The van der Waals surface area contributed by atoms with Gasteiger partial charge in [-0.1, -0.05) is 18.2 Å². The van der Waals surface area contributed by atoms with Gasteiger partial charge in [0.1, 0.15) is 18.1 Å². The lowest BCUT2D eigenvalue weighted by Crippen LogP contribution is -2.14. The summed E-state index contributed by atoms with van der Waals surface area (Å²) in [6.45, 7) is -0.0249. The summed E-state index contributed by atoms with van der Waals surface area (Å²) < 4.78 is 15.7. The molecule has 3 aromatic rings. The van der Waals surface area contributed by atoms with E-state index in [9.17, 15) is 4.79 Å². The number of aromatic nitrogens is 1. The zero-order valence-corrected chi connectivity index (χ0v) is 15.0. The van der Waals surface area contributed by atoms with Gasteiger partial charge in [-0.3, -0.25) is 0 Å². The Bertz CT molecular complexity index is 834. The second-order valence-electron chi connectivity index (χ2n) is 5.26. The van der Waals surface area contributed by atoms with E-state index in [1.54, 1.807) is 19.2 Å². The third-order valence-corrected chi connectivity index (χ3v) is 4.18. The van der Waals surface area contributed by atoms with Gasteiger partial charge in [0.15, 0.2) is 11.7 Å². The number of nitrogens with one attached hydrogen (secondary N) is 1. The van der Waals surface area contributed by atoms with E-state index >= 15 is 0 Å². The minimum Gasteiger partial charge on any atom is -0.497 e. The van der Waals surface area contributed by atoms with Crippen molar-refractivity contribution in [1.29, 1.82) is 0 Å². The number of hydrogen-bond acceptors (Lipinski definition) is 7. The Kier molecular flexibility index (Phi) is 6.05. The average Bonchev–Trinajstić information content (AvgIpc) is 3.13. The van der Waals surface area contributed by atoms with Gasteiger partial charge in [-0.2, -0.15) is 0 Å². The quantitative estimate of drug-likeness (QED) is 0.604. The molecule has 0 aliphatic heterocycles. The third kappa shape index (κ3) is 5.22. The molecule has 0 spiro atoms. The summed E-state index contributed by atoms with van der Waals surface area (Å²) >= 11 is 1.44. The Morgan fingerprint density at radius 2 is 1.85 bits per heavy atom. The molecule has 7 heteroatoms. The van der Waals surface area contributed by atoms with Gasteiger partial charge in [-0.15, -0.1) is 11.3 Å². The van der Waals surface area contributed by atoms with Crippen molar-refractivity contribution in [3.63, 3.8) is 0 Å². The van der Waals surface area contributed by atoms with Crippen molar-refractivity contribution in [3.05, 3.63) is 65.7 Å². The number of nitrogens with zero attached hydrogens (tertiary/aromatic N) is 1. The van der Waals surface area contributed by atoms with E-state index in [-0.39, 0.29) is 13.2 Å². The first-order chi connectivity index (χ1) is 12.7. The van der Waals surface area contributed by atoms with E-state index in [2.05, 4.69) is 10.3 Å². The third-order valence-electron chi connectivity index (χ3n) is 3.37. The van der Waals surface area contributed by atoms with Crippen LogP contribution in [0.4, 0.5) is 10.8 Å². The van der Waals surface area contributed by atoms with Crippen LogP contribution >= 0.6 is 11.3 Å². The topological polar surface area (TPSA) is 69.7 Å². The Morgan fingerprint density at radius 3 is 2.58 bits per heavy atom. The number of carbonyl (C=O) groups is 1. The zero-order chi connectivity index (χ0) is 18.2. The summed E-state index contributed by atoms with van der Waals surface area (Å²) in [6, 6.07) is 16.7. The minimum atomic E-state index is -0.438. The SMILES string of the molecule is COc1ccc(Nc2nc(COC(=O)COc3ccccc3)cs2)cc1. The van der Waals surface area contributed by atoms with Crippen LogP contribution in [0.5, 0.6) is 11.5 Å². The molecule has 0 fully saturated rings. The molecule has 0 aliphatic carbocycles. The van der Waals surface area contributed by atoms with Gasteiger partial charge < -0.3 is 19.5 Å². The van der Waals surface area contributed by atoms with Crippen LogP contribution in [0.25, 0.3) is 0 Å². The number of ether oxygens (including phenoxy) is 3. The summed E-state index contributed by atoms with van der Waals surface area (Å²) in [5.74, 6) is 0.982. The number of anilines is 2. The Hall–Kier alpha value is -3.06. The molecule has 6 nitrogen and oxygen atoms in total. The number of hydrogen-bond donors (Lipinski definition) is 1. The monoisotopic (exact) mass is 370 g/mol. The van der Waals surface area contributed by atoms with E-state index in [0.29, 0.717) is 11.4 Å². The second kappa shape index (κ2) is 8.87. The van der Waals surface area contributed by atoms with E-state index in [1.165, 1.54) is 11.3 Å². The summed E-state index contributed by atoms with van der Waals surface area (Å²) in [7, 11) is 1.63. The first-order valence-corrected chi connectivity index (χ1v) is 8.80. The first-order valence-electron chi connectivity index (χ1n) is 7.92. The smallest absolute Gasteiger partial charge is 0.344 e. The molecule has 0 saturated carbocycles. The number of benzene rings is 2. The summed E-state index contributed by atoms with van der Waals surface area (Å²) in [5, 5.41) is 5.76. The summed E-state index contributed by atoms with van der Waals surface area (Å²) in [5.41, 5.74) is 1.58. The largest absolute Gasteiger partial charge is 0.497 e. The maximum absolute atomic E-state index is 11.7. The number of para-hydroxylation sites is 1. The van der Waals surface area contributed by atoms with E-state index in [1.807, 2.05) is 47.8 Å². The van der Waals surface area contributed by atoms with Gasteiger partial charge in [-0.25, -0.2) is 9.78 Å². The number of thiazole rings is 1. The van der Waals surface area contributed by atoms with Crippen molar-refractivity contribution in [2.24, 2.45) is 0 Å². The zero-order valence-electron chi connectivity index (χ0n) is 14.2. The highest BCUT2D eigenvalue weighted by Crippen LogP contribution is 2.23. The van der Waals surface area contributed by atoms with Crippen LogP contribution in [0.2, 0.25) is 0 Å². The summed E-state index contributed by atoms with van der Waals surface area (Å²) in [6.07, 6.45) is 0. The van der Waals surface area contributed by atoms with Crippen molar-refractivity contribution in [3.8, 4) is 11.5 Å². The normalized spacial score (nSPS) is 10.2. The van der Waals surface area contributed by atoms with Crippen LogP contribution in [0.1, 0.15) is 5.69 Å².